The third-order valence-corrected chi connectivity index (χ3v) is 6.66. The number of thioether (sulfide) groups is 1. The van der Waals surface area contributed by atoms with Crippen LogP contribution in [0.1, 0.15) is 33.8 Å². The maximum Gasteiger partial charge on any atom is 0.274 e. The van der Waals surface area contributed by atoms with Crippen LogP contribution in [0, 0.1) is 0 Å². The molecule has 2 aliphatic rings. The summed E-state index contributed by atoms with van der Waals surface area (Å²) in [7, 11) is 0. The maximum atomic E-state index is 13.1. The Morgan fingerprint density at radius 3 is 2.63 bits per heavy atom. The first-order valence-corrected chi connectivity index (χ1v) is 10.0. The maximum absolute atomic E-state index is 13.1. The molecule has 0 saturated carbocycles. The van der Waals surface area contributed by atoms with Crippen LogP contribution in [0.15, 0.2) is 36.4 Å². The largest absolute Gasteiger partial charge is 0.381 e. The van der Waals surface area contributed by atoms with E-state index in [1.165, 1.54) is 10.7 Å². The standard InChI is InChI=1S/C19H22N4O3S/c20-17(24)16-12-15(21-23(16)14-4-2-1-3-5-14)18(25)22-8-11-27-19(13-22)6-9-26-10-7-19/h1-5,12H,6-11,13H2,(H2,20,24). The Morgan fingerprint density at radius 1 is 1.19 bits per heavy atom. The second-order valence-electron chi connectivity index (χ2n) is 6.90. The van der Waals surface area contributed by atoms with Gasteiger partial charge in [-0.3, -0.25) is 9.59 Å². The molecule has 0 aliphatic carbocycles. The van der Waals surface area contributed by atoms with Crippen molar-refractivity contribution < 1.29 is 14.3 Å². The number of para-hydroxylation sites is 1. The Labute approximate surface area is 161 Å². The van der Waals surface area contributed by atoms with Crippen LogP contribution in [0.4, 0.5) is 0 Å². The Morgan fingerprint density at radius 2 is 1.93 bits per heavy atom. The molecule has 0 unspecified atom stereocenters. The fourth-order valence-corrected chi connectivity index (χ4v) is 5.10. The van der Waals surface area contributed by atoms with Crippen LogP contribution in [0.3, 0.4) is 0 Å². The van der Waals surface area contributed by atoms with Crippen molar-refractivity contribution in [1.29, 1.82) is 0 Å². The Kier molecular flexibility index (Phi) is 4.92. The number of ether oxygens (including phenoxy) is 1. The summed E-state index contributed by atoms with van der Waals surface area (Å²) in [6.07, 6.45) is 1.90. The van der Waals surface area contributed by atoms with Gasteiger partial charge in [0.05, 0.1) is 5.69 Å². The third kappa shape index (κ3) is 3.59. The lowest BCUT2D eigenvalue weighted by Crippen LogP contribution is -2.51. The molecule has 7 nitrogen and oxygen atoms in total. The van der Waals surface area contributed by atoms with Gasteiger partial charge in [-0.05, 0) is 25.0 Å². The first-order chi connectivity index (χ1) is 13.1. The number of benzene rings is 1. The first kappa shape index (κ1) is 18.1. The normalized spacial score (nSPS) is 19.2. The van der Waals surface area contributed by atoms with Crippen molar-refractivity contribution >= 4 is 23.6 Å². The summed E-state index contributed by atoms with van der Waals surface area (Å²) in [4.78, 5) is 26.8. The zero-order valence-electron chi connectivity index (χ0n) is 15.0. The Hall–Kier alpha value is -2.32. The zero-order chi connectivity index (χ0) is 18.9. The highest BCUT2D eigenvalue weighted by atomic mass is 32.2. The SMILES string of the molecule is NC(=O)c1cc(C(=O)N2CCSC3(CCOCC3)C2)nn1-c1ccccc1. The third-order valence-electron chi connectivity index (χ3n) is 5.12. The van der Waals surface area contributed by atoms with E-state index >= 15 is 0 Å². The van der Waals surface area contributed by atoms with Crippen molar-refractivity contribution in [3.05, 3.63) is 47.8 Å². The van der Waals surface area contributed by atoms with Crippen molar-refractivity contribution in [1.82, 2.24) is 14.7 Å². The number of nitrogens with zero attached hydrogens (tertiary/aromatic N) is 3. The van der Waals surface area contributed by atoms with Crippen LogP contribution in [-0.2, 0) is 4.74 Å². The molecule has 2 fully saturated rings. The van der Waals surface area contributed by atoms with E-state index in [-0.39, 0.29) is 22.0 Å². The number of carbonyl (C=O) groups is 2. The predicted octanol–water partition coefficient (Wildman–Crippen LogP) is 1.71. The summed E-state index contributed by atoms with van der Waals surface area (Å²) >= 11 is 1.94. The van der Waals surface area contributed by atoms with Crippen molar-refractivity contribution in [3.8, 4) is 5.69 Å². The number of hydrogen-bond donors (Lipinski definition) is 1. The van der Waals surface area contributed by atoms with E-state index in [0.717, 1.165) is 31.8 Å². The summed E-state index contributed by atoms with van der Waals surface area (Å²) in [6.45, 7) is 2.84. The lowest BCUT2D eigenvalue weighted by atomic mass is 9.97. The molecule has 2 saturated heterocycles. The van der Waals surface area contributed by atoms with Gasteiger partial charge in [0.1, 0.15) is 5.69 Å². The van der Waals surface area contributed by atoms with Gasteiger partial charge in [-0.2, -0.15) is 16.9 Å². The van der Waals surface area contributed by atoms with Crippen LogP contribution < -0.4 is 5.73 Å². The van der Waals surface area contributed by atoms with Crippen molar-refractivity contribution in [3.63, 3.8) is 0 Å². The number of hydrogen-bond acceptors (Lipinski definition) is 5. The second kappa shape index (κ2) is 7.36. The number of nitrogens with two attached hydrogens (primary N) is 1. The molecule has 27 heavy (non-hydrogen) atoms. The van der Waals surface area contributed by atoms with Gasteiger partial charge in [-0.25, -0.2) is 4.68 Å². The molecule has 8 heteroatoms. The Balaban J connectivity index is 1.61. The predicted molar refractivity (Wildman–Crippen MR) is 103 cm³/mol. The number of primary amides is 1. The molecule has 142 valence electrons. The minimum Gasteiger partial charge on any atom is -0.381 e. The fraction of sp³-hybridized carbons (Fsp3) is 0.421. The van der Waals surface area contributed by atoms with Crippen molar-refractivity contribution in [2.24, 2.45) is 5.73 Å². The van der Waals surface area contributed by atoms with E-state index in [4.69, 9.17) is 10.5 Å². The minimum absolute atomic E-state index is 0.0701. The number of rotatable bonds is 3. The molecule has 0 atom stereocenters. The van der Waals surface area contributed by atoms with E-state index in [1.54, 1.807) is 0 Å². The highest BCUT2D eigenvalue weighted by Crippen LogP contribution is 2.39. The quantitative estimate of drug-likeness (QED) is 0.867. The van der Waals surface area contributed by atoms with Gasteiger partial charge in [-0.15, -0.1) is 0 Å². The number of amides is 2. The molecule has 1 aromatic heterocycles. The molecule has 2 aliphatic heterocycles. The van der Waals surface area contributed by atoms with Crippen LogP contribution in [-0.4, -0.2) is 63.3 Å². The van der Waals surface area contributed by atoms with E-state index < -0.39 is 5.91 Å². The lowest BCUT2D eigenvalue weighted by molar-refractivity contribution is 0.0533. The molecule has 3 heterocycles. The first-order valence-electron chi connectivity index (χ1n) is 9.04. The molecule has 1 spiro atoms. The highest BCUT2D eigenvalue weighted by molar-refractivity contribution is 8.00. The molecule has 2 N–H and O–H groups in total. The summed E-state index contributed by atoms with van der Waals surface area (Å²) in [6, 6.07) is 10.7. The van der Waals surface area contributed by atoms with Crippen LogP contribution in [0.25, 0.3) is 5.69 Å². The van der Waals surface area contributed by atoms with Gasteiger partial charge >= 0.3 is 0 Å². The van der Waals surface area contributed by atoms with E-state index in [1.807, 2.05) is 47.0 Å². The van der Waals surface area contributed by atoms with Gasteiger partial charge in [0.25, 0.3) is 11.8 Å². The van der Waals surface area contributed by atoms with Gasteiger partial charge < -0.3 is 15.4 Å². The molecule has 0 bridgehead atoms. The Bertz CT molecular complexity index is 840. The minimum atomic E-state index is -0.611. The van der Waals surface area contributed by atoms with Gasteiger partial charge in [0.2, 0.25) is 0 Å². The molecule has 1 aromatic carbocycles. The van der Waals surface area contributed by atoms with Crippen LogP contribution in [0.2, 0.25) is 0 Å². The summed E-state index contributed by atoms with van der Waals surface area (Å²) in [5.41, 5.74) is 6.67. The van der Waals surface area contributed by atoms with Crippen molar-refractivity contribution in [2.45, 2.75) is 17.6 Å². The van der Waals surface area contributed by atoms with Crippen LogP contribution in [0.5, 0.6) is 0 Å². The van der Waals surface area contributed by atoms with E-state index in [9.17, 15) is 9.59 Å². The molecule has 4 rings (SSSR count). The molecule has 2 amide bonds. The van der Waals surface area contributed by atoms with Gasteiger partial charge in [0, 0.05) is 42.9 Å². The molecular weight excluding hydrogens is 364 g/mol. The van der Waals surface area contributed by atoms with Crippen molar-refractivity contribution in [2.75, 3.05) is 32.1 Å². The average Bonchev–Trinajstić information content (AvgIpc) is 3.14. The van der Waals surface area contributed by atoms with Gasteiger partial charge in [0.15, 0.2) is 5.69 Å². The summed E-state index contributed by atoms with van der Waals surface area (Å²) in [5.74, 6) is 0.132. The van der Waals surface area contributed by atoms with E-state index in [2.05, 4.69) is 5.10 Å². The summed E-state index contributed by atoms with van der Waals surface area (Å²) < 4.78 is 7.00. The van der Waals surface area contributed by atoms with Crippen LogP contribution >= 0.6 is 11.8 Å². The average molecular weight is 386 g/mol. The highest BCUT2D eigenvalue weighted by Gasteiger charge is 2.40. The number of aromatic nitrogens is 2. The molecule has 0 radical (unpaired) electrons. The second-order valence-corrected chi connectivity index (χ2v) is 8.46. The summed E-state index contributed by atoms with van der Waals surface area (Å²) in [5, 5.41) is 4.40. The molecule has 2 aromatic rings. The zero-order valence-corrected chi connectivity index (χ0v) is 15.8. The van der Waals surface area contributed by atoms with Gasteiger partial charge in [-0.1, -0.05) is 18.2 Å². The lowest BCUT2D eigenvalue weighted by Gasteiger charge is -2.44. The molecular formula is C19H22N4O3S. The topological polar surface area (TPSA) is 90.5 Å². The smallest absolute Gasteiger partial charge is 0.274 e. The van der Waals surface area contributed by atoms with E-state index in [0.29, 0.717) is 18.8 Å². The monoisotopic (exact) mass is 386 g/mol. The fourth-order valence-electron chi connectivity index (χ4n) is 3.65. The number of carbonyl (C=O) groups excluding carboxylic acids is 2.